The van der Waals surface area contributed by atoms with E-state index in [0.717, 1.165) is 12.1 Å². The lowest BCUT2D eigenvalue weighted by molar-refractivity contribution is 0.588. The van der Waals surface area contributed by atoms with Gasteiger partial charge in [0.05, 0.1) is 0 Å². The van der Waals surface area contributed by atoms with E-state index in [9.17, 15) is 0 Å². The molecule has 0 bridgehead atoms. The fourth-order valence-corrected chi connectivity index (χ4v) is 2.20. The zero-order valence-corrected chi connectivity index (χ0v) is 9.89. The minimum atomic E-state index is 0.175. The average Bonchev–Trinajstić information content (AvgIpc) is 2.61. The van der Waals surface area contributed by atoms with E-state index < -0.39 is 0 Å². The van der Waals surface area contributed by atoms with Crippen molar-refractivity contribution < 1.29 is 0 Å². The summed E-state index contributed by atoms with van der Waals surface area (Å²) in [5, 5.41) is 1.27. The van der Waals surface area contributed by atoms with Crippen LogP contribution in [0, 0.1) is 0 Å². The van der Waals surface area contributed by atoms with Crippen LogP contribution in [0.1, 0.15) is 38.8 Å². The van der Waals surface area contributed by atoms with E-state index in [4.69, 9.17) is 0 Å². The number of hydrogen-bond acceptors (Lipinski definition) is 1. The molecule has 0 aliphatic carbocycles. The number of pyridine rings is 1. The molecule has 15 heavy (non-hydrogen) atoms. The third-order valence-corrected chi connectivity index (χ3v) is 2.80. The number of aromatic nitrogens is 2. The van der Waals surface area contributed by atoms with Crippen molar-refractivity contribution >= 4 is 11.0 Å². The molecular formula is C13H18N2. The fourth-order valence-electron chi connectivity index (χ4n) is 2.20. The van der Waals surface area contributed by atoms with E-state index in [1.165, 1.54) is 16.5 Å². The molecule has 2 heteroatoms. The van der Waals surface area contributed by atoms with Gasteiger partial charge < -0.3 is 4.98 Å². The quantitative estimate of drug-likeness (QED) is 0.754. The van der Waals surface area contributed by atoms with E-state index in [-0.39, 0.29) is 5.41 Å². The van der Waals surface area contributed by atoms with Crippen molar-refractivity contribution in [3.63, 3.8) is 0 Å². The second-order valence-corrected chi connectivity index (χ2v) is 5.00. The van der Waals surface area contributed by atoms with Crippen LogP contribution in [0.25, 0.3) is 11.0 Å². The topological polar surface area (TPSA) is 28.7 Å². The zero-order valence-electron chi connectivity index (χ0n) is 9.89. The molecule has 0 aliphatic rings. The van der Waals surface area contributed by atoms with Crippen LogP contribution in [0.15, 0.2) is 18.5 Å². The van der Waals surface area contributed by atoms with Crippen molar-refractivity contribution in [2.24, 2.45) is 0 Å². The van der Waals surface area contributed by atoms with Gasteiger partial charge >= 0.3 is 0 Å². The van der Waals surface area contributed by atoms with Crippen molar-refractivity contribution in [2.75, 3.05) is 0 Å². The Labute approximate surface area is 90.7 Å². The number of hydrogen-bond donors (Lipinski definition) is 1. The number of rotatable bonds is 1. The molecule has 0 saturated carbocycles. The van der Waals surface area contributed by atoms with Gasteiger partial charge in [-0.05, 0) is 29.0 Å². The smallest absolute Gasteiger partial charge is 0.137 e. The lowest BCUT2D eigenvalue weighted by Crippen LogP contribution is -2.15. The van der Waals surface area contributed by atoms with E-state index in [1.54, 1.807) is 0 Å². The first-order chi connectivity index (χ1) is 7.04. The molecule has 0 fully saturated rings. The number of aryl methyl sites for hydroxylation is 1. The number of aromatic amines is 1. The summed E-state index contributed by atoms with van der Waals surface area (Å²) in [6.07, 6.45) is 5.01. The third kappa shape index (κ3) is 1.65. The van der Waals surface area contributed by atoms with Gasteiger partial charge in [0, 0.05) is 17.8 Å². The molecule has 1 N–H and O–H groups in total. The number of fused-ring (bicyclic) bond motifs is 1. The van der Waals surface area contributed by atoms with Crippen LogP contribution in [0.5, 0.6) is 0 Å². The molecule has 0 aliphatic heterocycles. The first-order valence-corrected chi connectivity index (χ1v) is 5.49. The first-order valence-electron chi connectivity index (χ1n) is 5.49. The molecule has 0 aromatic carbocycles. The third-order valence-electron chi connectivity index (χ3n) is 2.80. The second-order valence-electron chi connectivity index (χ2n) is 5.00. The van der Waals surface area contributed by atoms with E-state index in [1.807, 2.05) is 12.4 Å². The van der Waals surface area contributed by atoms with Crippen LogP contribution in [-0.4, -0.2) is 9.97 Å². The Kier molecular flexibility index (Phi) is 2.29. The van der Waals surface area contributed by atoms with Gasteiger partial charge in [-0.25, -0.2) is 4.98 Å². The summed E-state index contributed by atoms with van der Waals surface area (Å²) in [6.45, 7) is 8.96. The molecule has 2 aromatic heterocycles. The maximum absolute atomic E-state index is 4.43. The molecular weight excluding hydrogens is 184 g/mol. The lowest BCUT2D eigenvalue weighted by atomic mass is 9.82. The van der Waals surface area contributed by atoms with Gasteiger partial charge in [0.2, 0.25) is 0 Å². The van der Waals surface area contributed by atoms with E-state index in [2.05, 4.69) is 43.7 Å². The molecule has 2 nitrogen and oxygen atoms in total. The van der Waals surface area contributed by atoms with Gasteiger partial charge in [-0.2, -0.15) is 0 Å². The predicted octanol–water partition coefficient (Wildman–Crippen LogP) is 3.42. The summed E-state index contributed by atoms with van der Waals surface area (Å²) in [5.74, 6) is 0. The van der Waals surface area contributed by atoms with Crippen molar-refractivity contribution in [2.45, 2.75) is 39.5 Å². The van der Waals surface area contributed by atoms with Crippen molar-refractivity contribution in [3.05, 3.63) is 29.6 Å². The average molecular weight is 202 g/mol. The molecule has 80 valence electrons. The Morgan fingerprint density at radius 3 is 2.67 bits per heavy atom. The Bertz CT molecular complexity index is 475. The molecule has 2 heterocycles. The Morgan fingerprint density at radius 1 is 1.33 bits per heavy atom. The van der Waals surface area contributed by atoms with Gasteiger partial charge in [-0.15, -0.1) is 0 Å². The number of nitrogens with one attached hydrogen (secondary N) is 1. The van der Waals surface area contributed by atoms with Crippen molar-refractivity contribution in [3.8, 4) is 0 Å². The molecule has 0 atom stereocenters. The minimum Gasteiger partial charge on any atom is -0.346 e. The summed E-state index contributed by atoms with van der Waals surface area (Å²) in [7, 11) is 0. The van der Waals surface area contributed by atoms with Gasteiger partial charge in [0.25, 0.3) is 0 Å². The SMILES string of the molecule is CCc1cnc2[nH]ccc2c1C(C)(C)C. The molecule has 0 amide bonds. The maximum atomic E-state index is 4.43. The van der Waals surface area contributed by atoms with Crippen LogP contribution in [-0.2, 0) is 11.8 Å². The highest BCUT2D eigenvalue weighted by molar-refractivity contribution is 5.81. The fraction of sp³-hybridized carbons (Fsp3) is 0.462. The molecule has 0 saturated heterocycles. The highest BCUT2D eigenvalue weighted by Gasteiger charge is 2.20. The summed E-state index contributed by atoms with van der Waals surface area (Å²) in [5.41, 5.74) is 3.96. The largest absolute Gasteiger partial charge is 0.346 e. The van der Waals surface area contributed by atoms with Crippen LogP contribution in [0.4, 0.5) is 0 Å². The van der Waals surface area contributed by atoms with Crippen LogP contribution in [0.2, 0.25) is 0 Å². The number of nitrogens with zero attached hydrogens (tertiary/aromatic N) is 1. The Balaban J connectivity index is 2.80. The minimum absolute atomic E-state index is 0.175. The molecule has 0 radical (unpaired) electrons. The van der Waals surface area contributed by atoms with E-state index in [0.29, 0.717) is 0 Å². The number of H-pyrrole nitrogens is 1. The van der Waals surface area contributed by atoms with Crippen LogP contribution >= 0.6 is 0 Å². The van der Waals surface area contributed by atoms with Gasteiger partial charge in [-0.3, -0.25) is 0 Å². The maximum Gasteiger partial charge on any atom is 0.137 e. The van der Waals surface area contributed by atoms with Crippen molar-refractivity contribution in [1.82, 2.24) is 9.97 Å². The van der Waals surface area contributed by atoms with Crippen LogP contribution in [0.3, 0.4) is 0 Å². The molecule has 2 rings (SSSR count). The van der Waals surface area contributed by atoms with Crippen molar-refractivity contribution in [1.29, 1.82) is 0 Å². The predicted molar refractivity (Wildman–Crippen MR) is 64.2 cm³/mol. The molecule has 0 spiro atoms. The van der Waals surface area contributed by atoms with E-state index >= 15 is 0 Å². The lowest BCUT2D eigenvalue weighted by Gasteiger charge is -2.23. The normalized spacial score (nSPS) is 12.3. The first kappa shape index (κ1) is 10.2. The highest BCUT2D eigenvalue weighted by atomic mass is 14.8. The van der Waals surface area contributed by atoms with Gasteiger partial charge in [0.15, 0.2) is 0 Å². The summed E-state index contributed by atoms with van der Waals surface area (Å²) >= 11 is 0. The van der Waals surface area contributed by atoms with Gasteiger partial charge in [0.1, 0.15) is 5.65 Å². The highest BCUT2D eigenvalue weighted by Crippen LogP contribution is 2.31. The molecule has 2 aromatic rings. The Morgan fingerprint density at radius 2 is 2.07 bits per heavy atom. The summed E-state index contributed by atoms with van der Waals surface area (Å²) in [6, 6.07) is 2.13. The standard InChI is InChI=1S/C13H18N2/c1-5-9-8-15-12-10(6-7-14-12)11(9)13(2,3)4/h6-8H,5H2,1-4H3,(H,14,15). The molecule has 0 unspecified atom stereocenters. The summed E-state index contributed by atoms with van der Waals surface area (Å²) < 4.78 is 0. The zero-order chi connectivity index (χ0) is 11.1. The monoisotopic (exact) mass is 202 g/mol. The summed E-state index contributed by atoms with van der Waals surface area (Å²) in [4.78, 5) is 7.60. The Hall–Kier alpha value is -1.31. The van der Waals surface area contributed by atoms with Crippen LogP contribution < -0.4 is 0 Å². The second kappa shape index (κ2) is 3.37. The van der Waals surface area contributed by atoms with Gasteiger partial charge in [-0.1, -0.05) is 27.7 Å².